The highest BCUT2D eigenvalue weighted by Gasteiger charge is 2.29. The van der Waals surface area contributed by atoms with Crippen LogP contribution >= 0.6 is 0 Å². The molecule has 1 unspecified atom stereocenters. The van der Waals surface area contributed by atoms with Crippen LogP contribution in [0.3, 0.4) is 0 Å². The Kier molecular flexibility index (Phi) is 5.40. The van der Waals surface area contributed by atoms with Crippen molar-refractivity contribution < 1.29 is 13.2 Å². The van der Waals surface area contributed by atoms with Crippen LogP contribution in [0.1, 0.15) is 12.8 Å². The number of carbonyl (C=O) groups is 1. The van der Waals surface area contributed by atoms with Crippen molar-refractivity contribution in [2.75, 3.05) is 49.1 Å². The van der Waals surface area contributed by atoms with Crippen LogP contribution in [0.25, 0.3) is 0 Å². The maximum Gasteiger partial charge on any atom is 0.221 e. The highest BCUT2D eigenvalue weighted by molar-refractivity contribution is 7.91. The minimum atomic E-state index is -2.94. The first-order chi connectivity index (χ1) is 11.5. The molecule has 0 aliphatic carbocycles. The van der Waals surface area contributed by atoms with E-state index >= 15 is 0 Å². The number of anilines is 1. The number of sulfone groups is 1. The first-order valence-electron chi connectivity index (χ1n) is 8.54. The molecule has 6 nitrogen and oxygen atoms in total. The average Bonchev–Trinajstić information content (AvgIpc) is 2.93. The number of benzene rings is 1. The molecule has 0 saturated carbocycles. The Balaban J connectivity index is 1.37. The van der Waals surface area contributed by atoms with E-state index in [0.29, 0.717) is 12.8 Å². The lowest BCUT2D eigenvalue weighted by atomic mass is 10.2. The number of rotatable bonds is 5. The minimum absolute atomic E-state index is 0.0393. The van der Waals surface area contributed by atoms with E-state index in [1.54, 1.807) is 0 Å². The van der Waals surface area contributed by atoms with Gasteiger partial charge in [-0.3, -0.25) is 9.69 Å². The van der Waals surface area contributed by atoms with E-state index in [1.807, 2.05) is 6.07 Å². The molecule has 2 aliphatic rings. The molecule has 0 bridgehead atoms. The maximum absolute atomic E-state index is 12.0. The lowest BCUT2D eigenvalue weighted by molar-refractivity contribution is -0.122. The van der Waals surface area contributed by atoms with Crippen molar-refractivity contribution >= 4 is 21.4 Å². The second kappa shape index (κ2) is 7.53. The molecule has 1 aromatic carbocycles. The van der Waals surface area contributed by atoms with Gasteiger partial charge >= 0.3 is 0 Å². The van der Waals surface area contributed by atoms with Gasteiger partial charge < -0.3 is 10.2 Å². The van der Waals surface area contributed by atoms with Gasteiger partial charge in [-0.2, -0.15) is 0 Å². The SMILES string of the molecule is O=C(CCN1CCN(c2ccccc2)CC1)NC1CCS(=O)(=O)C1. The summed E-state index contributed by atoms with van der Waals surface area (Å²) in [5.41, 5.74) is 1.25. The molecule has 2 saturated heterocycles. The van der Waals surface area contributed by atoms with Crippen LogP contribution in [0.2, 0.25) is 0 Å². The van der Waals surface area contributed by atoms with Crippen molar-refractivity contribution in [1.29, 1.82) is 0 Å². The highest BCUT2D eigenvalue weighted by Crippen LogP contribution is 2.15. The Hall–Kier alpha value is -1.60. The molecule has 0 aromatic heterocycles. The fraction of sp³-hybridized carbons (Fsp3) is 0.588. The third-order valence-corrected chi connectivity index (χ3v) is 6.51. The Morgan fingerprint density at radius 2 is 1.83 bits per heavy atom. The molecule has 2 heterocycles. The molecule has 3 rings (SSSR count). The fourth-order valence-electron chi connectivity index (χ4n) is 3.34. The smallest absolute Gasteiger partial charge is 0.221 e. The van der Waals surface area contributed by atoms with Crippen LogP contribution in [-0.2, 0) is 14.6 Å². The monoisotopic (exact) mass is 351 g/mol. The van der Waals surface area contributed by atoms with Crippen LogP contribution in [0.15, 0.2) is 30.3 Å². The predicted molar refractivity (Wildman–Crippen MR) is 94.9 cm³/mol. The number of para-hydroxylation sites is 1. The topological polar surface area (TPSA) is 69.7 Å². The highest BCUT2D eigenvalue weighted by atomic mass is 32.2. The molecule has 0 spiro atoms. The molecule has 1 amide bonds. The van der Waals surface area contributed by atoms with Gasteiger partial charge in [-0.15, -0.1) is 0 Å². The van der Waals surface area contributed by atoms with Gasteiger partial charge in [0.25, 0.3) is 0 Å². The van der Waals surface area contributed by atoms with E-state index in [0.717, 1.165) is 32.7 Å². The molecule has 2 aliphatic heterocycles. The molecule has 1 N–H and O–H groups in total. The number of carbonyl (C=O) groups excluding carboxylic acids is 1. The van der Waals surface area contributed by atoms with E-state index in [-0.39, 0.29) is 23.5 Å². The molecule has 1 aromatic rings. The molecular formula is C17H25N3O3S. The summed E-state index contributed by atoms with van der Waals surface area (Å²) in [7, 11) is -2.94. The predicted octanol–water partition coefficient (Wildman–Crippen LogP) is 0.502. The molecule has 2 fully saturated rings. The summed E-state index contributed by atoms with van der Waals surface area (Å²) in [4.78, 5) is 16.7. The second-order valence-corrected chi connectivity index (χ2v) is 8.81. The Labute approximate surface area is 143 Å². The van der Waals surface area contributed by atoms with Crippen molar-refractivity contribution in [2.24, 2.45) is 0 Å². The number of nitrogens with one attached hydrogen (secondary N) is 1. The van der Waals surface area contributed by atoms with Crippen molar-refractivity contribution in [3.05, 3.63) is 30.3 Å². The number of piperazine rings is 1. The van der Waals surface area contributed by atoms with E-state index in [1.165, 1.54) is 5.69 Å². The first kappa shape index (κ1) is 17.2. The molecule has 1 atom stereocenters. The number of hydrogen-bond acceptors (Lipinski definition) is 5. The van der Waals surface area contributed by atoms with Gasteiger partial charge in [0.15, 0.2) is 9.84 Å². The Morgan fingerprint density at radius 3 is 2.46 bits per heavy atom. The van der Waals surface area contributed by atoms with Crippen molar-refractivity contribution in [3.63, 3.8) is 0 Å². The molecule has 7 heteroatoms. The van der Waals surface area contributed by atoms with Crippen LogP contribution in [-0.4, -0.2) is 69.5 Å². The summed E-state index contributed by atoms with van der Waals surface area (Å²) in [6, 6.07) is 10.2. The van der Waals surface area contributed by atoms with Gasteiger partial charge in [0.1, 0.15) is 0 Å². The average molecular weight is 351 g/mol. The lowest BCUT2D eigenvalue weighted by Gasteiger charge is -2.36. The molecule has 132 valence electrons. The van der Waals surface area contributed by atoms with E-state index in [4.69, 9.17) is 0 Å². The first-order valence-corrected chi connectivity index (χ1v) is 10.4. The van der Waals surface area contributed by atoms with Gasteiger partial charge in [-0.1, -0.05) is 18.2 Å². The van der Waals surface area contributed by atoms with Crippen LogP contribution < -0.4 is 10.2 Å². The maximum atomic E-state index is 12.0. The number of amides is 1. The largest absolute Gasteiger partial charge is 0.369 e. The summed E-state index contributed by atoms with van der Waals surface area (Å²) >= 11 is 0. The van der Waals surface area contributed by atoms with Gasteiger partial charge in [-0.25, -0.2) is 8.42 Å². The zero-order valence-electron chi connectivity index (χ0n) is 13.9. The Morgan fingerprint density at radius 1 is 1.12 bits per heavy atom. The summed E-state index contributed by atoms with van der Waals surface area (Å²) in [6.07, 6.45) is 0.978. The minimum Gasteiger partial charge on any atom is -0.369 e. The summed E-state index contributed by atoms with van der Waals surface area (Å²) < 4.78 is 22.8. The zero-order valence-corrected chi connectivity index (χ0v) is 14.7. The van der Waals surface area contributed by atoms with E-state index < -0.39 is 9.84 Å². The third-order valence-electron chi connectivity index (χ3n) is 4.75. The summed E-state index contributed by atoms with van der Waals surface area (Å²) in [6.45, 7) is 4.55. The molecule has 24 heavy (non-hydrogen) atoms. The van der Waals surface area contributed by atoms with E-state index in [2.05, 4.69) is 39.4 Å². The number of nitrogens with zero attached hydrogens (tertiary/aromatic N) is 2. The van der Waals surface area contributed by atoms with Gasteiger partial charge in [0, 0.05) is 50.9 Å². The van der Waals surface area contributed by atoms with Gasteiger partial charge in [-0.05, 0) is 18.6 Å². The van der Waals surface area contributed by atoms with Gasteiger partial charge in [0.05, 0.1) is 11.5 Å². The van der Waals surface area contributed by atoms with E-state index in [9.17, 15) is 13.2 Å². The second-order valence-electron chi connectivity index (χ2n) is 6.58. The summed E-state index contributed by atoms with van der Waals surface area (Å²) in [5.74, 6) is 0.246. The van der Waals surface area contributed by atoms with Crippen LogP contribution in [0.4, 0.5) is 5.69 Å². The molecule has 0 radical (unpaired) electrons. The number of hydrogen-bond donors (Lipinski definition) is 1. The fourth-order valence-corrected chi connectivity index (χ4v) is 5.01. The molecular weight excluding hydrogens is 326 g/mol. The lowest BCUT2D eigenvalue weighted by Crippen LogP contribution is -2.47. The third kappa shape index (κ3) is 4.70. The quantitative estimate of drug-likeness (QED) is 0.837. The van der Waals surface area contributed by atoms with Crippen molar-refractivity contribution in [1.82, 2.24) is 10.2 Å². The summed E-state index contributed by atoms with van der Waals surface area (Å²) in [5, 5.41) is 2.85. The van der Waals surface area contributed by atoms with Crippen LogP contribution in [0, 0.1) is 0 Å². The zero-order chi connectivity index (χ0) is 17.0. The van der Waals surface area contributed by atoms with Crippen molar-refractivity contribution in [3.8, 4) is 0 Å². The standard InChI is InChI=1S/C17H25N3O3S/c21-17(18-15-7-13-24(22,23)14-15)6-8-19-9-11-20(12-10-19)16-4-2-1-3-5-16/h1-5,15H,6-14H2,(H,18,21). The normalized spacial score (nSPS) is 24.0. The van der Waals surface area contributed by atoms with Crippen molar-refractivity contribution in [2.45, 2.75) is 18.9 Å². The Bertz CT molecular complexity index is 655. The van der Waals surface area contributed by atoms with Crippen LogP contribution in [0.5, 0.6) is 0 Å². The van der Waals surface area contributed by atoms with Gasteiger partial charge in [0.2, 0.25) is 5.91 Å².